The second-order valence-electron chi connectivity index (χ2n) is 10.3. The Bertz CT molecular complexity index is 1010. The monoisotopic (exact) mass is 525 g/mol. The van der Waals surface area contributed by atoms with Crippen molar-refractivity contribution in [2.75, 3.05) is 57.4 Å². The number of halogens is 3. The molecule has 2 saturated heterocycles. The van der Waals surface area contributed by atoms with E-state index in [4.69, 9.17) is 9.47 Å². The number of nitrogens with zero attached hydrogens (tertiary/aromatic N) is 4. The Kier molecular flexibility index (Phi) is 8.00. The number of carbonyl (C=O) groups excluding carboxylic acids is 2. The van der Waals surface area contributed by atoms with E-state index in [0.717, 1.165) is 11.6 Å². The van der Waals surface area contributed by atoms with E-state index in [1.54, 1.807) is 37.8 Å². The van der Waals surface area contributed by atoms with E-state index in [1.165, 1.54) is 17.3 Å². The summed E-state index contributed by atoms with van der Waals surface area (Å²) in [7, 11) is 0. The van der Waals surface area contributed by atoms with Crippen molar-refractivity contribution in [2.45, 2.75) is 45.1 Å². The van der Waals surface area contributed by atoms with E-state index in [1.807, 2.05) is 4.90 Å². The van der Waals surface area contributed by atoms with Gasteiger partial charge in [0.2, 0.25) is 0 Å². The average Bonchev–Trinajstić information content (AvgIpc) is 3.34. The normalized spacial score (nSPS) is 21.5. The molecule has 2 fully saturated rings. The number of esters is 1. The summed E-state index contributed by atoms with van der Waals surface area (Å²) >= 11 is 0. The lowest BCUT2D eigenvalue weighted by molar-refractivity contribution is -0.156. The molecule has 1 unspecified atom stereocenters. The zero-order valence-corrected chi connectivity index (χ0v) is 21.4. The molecule has 0 aromatic heterocycles. The third kappa shape index (κ3) is 6.93. The summed E-state index contributed by atoms with van der Waals surface area (Å²) < 4.78 is 50.9. The van der Waals surface area contributed by atoms with Crippen LogP contribution in [0.5, 0.6) is 0 Å². The van der Waals surface area contributed by atoms with E-state index in [9.17, 15) is 22.8 Å². The van der Waals surface area contributed by atoms with Gasteiger partial charge in [-0.1, -0.05) is 6.07 Å². The van der Waals surface area contributed by atoms with Crippen LogP contribution >= 0.6 is 0 Å². The molecular formula is C25H34F3N5O4. The maximum Gasteiger partial charge on any atom is 0.416 e. The molecular weight excluding hydrogens is 491 g/mol. The van der Waals surface area contributed by atoms with Crippen LogP contribution in [0.25, 0.3) is 0 Å². The van der Waals surface area contributed by atoms with Crippen LogP contribution in [0, 0.1) is 0 Å². The molecule has 37 heavy (non-hydrogen) atoms. The van der Waals surface area contributed by atoms with Crippen LogP contribution in [-0.2, 0) is 27.0 Å². The molecule has 2 amide bonds. The second-order valence-corrected chi connectivity index (χ2v) is 10.3. The first-order valence-electron chi connectivity index (χ1n) is 12.4. The lowest BCUT2D eigenvalue weighted by atomic mass is 10.1. The van der Waals surface area contributed by atoms with Crippen LogP contribution in [0.3, 0.4) is 0 Å². The molecule has 9 nitrogen and oxygen atoms in total. The number of urea groups is 1. The van der Waals surface area contributed by atoms with Crippen molar-refractivity contribution in [1.29, 1.82) is 0 Å². The predicted molar refractivity (Wildman–Crippen MR) is 130 cm³/mol. The molecule has 0 radical (unpaired) electrons. The highest BCUT2D eigenvalue weighted by atomic mass is 19.4. The summed E-state index contributed by atoms with van der Waals surface area (Å²) in [5.41, 5.74) is 2.96. The van der Waals surface area contributed by atoms with Gasteiger partial charge in [0.25, 0.3) is 0 Å². The minimum atomic E-state index is -4.41. The third-order valence-electron chi connectivity index (χ3n) is 6.37. The third-order valence-corrected chi connectivity index (χ3v) is 6.37. The molecule has 12 heteroatoms. The molecule has 204 valence electrons. The highest BCUT2D eigenvalue weighted by molar-refractivity contribution is 5.82. The summed E-state index contributed by atoms with van der Waals surface area (Å²) in [6, 6.07) is 2.91. The molecule has 0 spiro atoms. The molecule has 1 aromatic carbocycles. The molecule has 3 aliphatic rings. The number of benzene rings is 1. The minimum absolute atomic E-state index is 0.273. The largest absolute Gasteiger partial charge is 0.459 e. The smallest absolute Gasteiger partial charge is 0.416 e. The number of hydrogen-bond acceptors (Lipinski definition) is 7. The van der Waals surface area contributed by atoms with Gasteiger partial charge in [-0.3, -0.25) is 4.90 Å². The quantitative estimate of drug-likeness (QED) is 0.606. The number of hydrazine groups is 1. The van der Waals surface area contributed by atoms with E-state index in [0.29, 0.717) is 64.7 Å². The summed E-state index contributed by atoms with van der Waals surface area (Å²) in [6.07, 6.45) is -1.30. The second kappa shape index (κ2) is 10.9. The van der Waals surface area contributed by atoms with Crippen LogP contribution in [0.1, 0.15) is 31.9 Å². The van der Waals surface area contributed by atoms with Crippen LogP contribution in [0.2, 0.25) is 0 Å². The number of carbonyl (C=O) groups is 2. The van der Waals surface area contributed by atoms with Crippen molar-refractivity contribution in [3.05, 3.63) is 41.6 Å². The number of hydrogen-bond donors (Lipinski definition) is 1. The highest BCUT2D eigenvalue weighted by Crippen LogP contribution is 2.34. The zero-order chi connectivity index (χ0) is 26.8. The van der Waals surface area contributed by atoms with E-state index >= 15 is 0 Å². The van der Waals surface area contributed by atoms with Crippen molar-refractivity contribution in [3.63, 3.8) is 0 Å². The van der Waals surface area contributed by atoms with Crippen molar-refractivity contribution in [3.8, 4) is 0 Å². The van der Waals surface area contributed by atoms with Crippen molar-refractivity contribution in [1.82, 2.24) is 20.2 Å². The number of alkyl halides is 3. The van der Waals surface area contributed by atoms with Gasteiger partial charge in [-0.25, -0.2) is 20.0 Å². The van der Waals surface area contributed by atoms with E-state index < -0.39 is 29.4 Å². The van der Waals surface area contributed by atoms with Crippen LogP contribution < -0.4 is 10.3 Å². The number of piperazine rings is 1. The van der Waals surface area contributed by atoms with Gasteiger partial charge in [0.05, 0.1) is 18.8 Å². The fourth-order valence-corrected chi connectivity index (χ4v) is 4.49. The van der Waals surface area contributed by atoms with Crippen LogP contribution in [-0.4, -0.2) is 90.9 Å². The van der Waals surface area contributed by atoms with Crippen molar-refractivity contribution >= 4 is 17.7 Å². The van der Waals surface area contributed by atoms with Gasteiger partial charge in [-0.05, 0) is 44.5 Å². The van der Waals surface area contributed by atoms with E-state index in [2.05, 4.69) is 10.3 Å². The molecule has 1 atom stereocenters. The Morgan fingerprint density at radius 1 is 1.05 bits per heavy atom. The van der Waals surface area contributed by atoms with Gasteiger partial charge in [-0.2, -0.15) is 13.2 Å². The summed E-state index contributed by atoms with van der Waals surface area (Å²) in [4.78, 5) is 31.0. The Morgan fingerprint density at radius 3 is 2.35 bits per heavy atom. The Morgan fingerprint density at radius 2 is 1.73 bits per heavy atom. The predicted octanol–water partition coefficient (Wildman–Crippen LogP) is 2.82. The first kappa shape index (κ1) is 27.2. The van der Waals surface area contributed by atoms with Gasteiger partial charge in [0.1, 0.15) is 11.6 Å². The number of morpholine rings is 1. The molecule has 0 aliphatic carbocycles. The molecule has 0 bridgehead atoms. The molecule has 1 N–H and O–H groups in total. The van der Waals surface area contributed by atoms with Gasteiger partial charge in [0, 0.05) is 57.7 Å². The average molecular weight is 526 g/mol. The molecule has 3 heterocycles. The fourth-order valence-electron chi connectivity index (χ4n) is 4.49. The Balaban J connectivity index is 1.34. The topological polar surface area (TPSA) is 77.6 Å². The lowest BCUT2D eigenvalue weighted by Gasteiger charge is -2.37. The summed E-state index contributed by atoms with van der Waals surface area (Å²) in [5, 5.41) is 1.29. The summed E-state index contributed by atoms with van der Waals surface area (Å²) in [5.74, 6) is -0.462. The minimum Gasteiger partial charge on any atom is -0.459 e. The van der Waals surface area contributed by atoms with Gasteiger partial charge in [-0.15, -0.1) is 0 Å². The summed E-state index contributed by atoms with van der Waals surface area (Å²) in [6.45, 7) is 9.90. The number of amides is 2. The van der Waals surface area contributed by atoms with Gasteiger partial charge < -0.3 is 19.3 Å². The standard InChI is InChI=1S/C25H34F3N5O4/c1-24(2,3)37-22(34)20-6-7-33(29-20)23(35)32-10-8-30(9-11-32)17-18-4-5-19(25(26,27)28)16-21(18)31-12-14-36-15-13-31/h4-7,16,20,29H,8-15,17H2,1-3H3. The maximum atomic E-state index is 13.4. The van der Waals surface area contributed by atoms with Crippen molar-refractivity contribution < 1.29 is 32.2 Å². The molecule has 0 saturated carbocycles. The van der Waals surface area contributed by atoms with Crippen molar-refractivity contribution in [2.24, 2.45) is 0 Å². The fraction of sp³-hybridized carbons (Fsp3) is 0.600. The van der Waals surface area contributed by atoms with Gasteiger partial charge in [0.15, 0.2) is 0 Å². The Labute approximate surface area is 214 Å². The van der Waals surface area contributed by atoms with Crippen LogP contribution in [0.15, 0.2) is 30.5 Å². The number of anilines is 1. The van der Waals surface area contributed by atoms with Gasteiger partial charge >= 0.3 is 18.2 Å². The zero-order valence-electron chi connectivity index (χ0n) is 21.4. The number of rotatable bonds is 4. The number of ether oxygens (including phenoxy) is 2. The first-order chi connectivity index (χ1) is 17.4. The lowest BCUT2D eigenvalue weighted by Crippen LogP contribution is -2.55. The van der Waals surface area contributed by atoms with E-state index in [-0.39, 0.29) is 6.03 Å². The maximum absolute atomic E-state index is 13.4. The molecule has 1 aromatic rings. The number of nitrogens with one attached hydrogen (secondary N) is 1. The SMILES string of the molecule is CC(C)(C)OC(=O)C1C=CN(C(=O)N2CCN(Cc3ccc(C(F)(F)F)cc3N3CCOCC3)CC2)N1. The highest BCUT2D eigenvalue weighted by Gasteiger charge is 2.34. The Hall–Kier alpha value is -2.83. The molecule has 3 aliphatic heterocycles. The van der Waals surface area contributed by atoms with Crippen LogP contribution in [0.4, 0.5) is 23.7 Å². The first-order valence-corrected chi connectivity index (χ1v) is 12.4. The molecule has 4 rings (SSSR count).